The third-order valence-corrected chi connectivity index (χ3v) is 5.34. The molecular formula is C20H35N5. The lowest BCUT2D eigenvalue weighted by molar-refractivity contribution is 0.107. The summed E-state index contributed by atoms with van der Waals surface area (Å²) in [6, 6.07) is 6.63. The van der Waals surface area contributed by atoms with Gasteiger partial charge in [0.2, 0.25) is 0 Å². The summed E-state index contributed by atoms with van der Waals surface area (Å²) in [4.78, 5) is 9.37. The van der Waals surface area contributed by atoms with Crippen LogP contribution in [0.3, 0.4) is 0 Å². The number of fused-ring (bicyclic) bond motifs is 1. The molecule has 0 amide bonds. The fraction of sp³-hybridized carbons (Fsp3) is 0.650. The molecule has 2 atom stereocenters. The molecule has 0 radical (unpaired) electrons. The van der Waals surface area contributed by atoms with Crippen LogP contribution < -0.4 is 5.32 Å². The van der Waals surface area contributed by atoms with Crippen molar-refractivity contribution >= 4 is 11.0 Å². The van der Waals surface area contributed by atoms with Crippen molar-refractivity contribution in [3.05, 3.63) is 29.6 Å². The summed E-state index contributed by atoms with van der Waals surface area (Å²) in [6.45, 7) is 5.52. The van der Waals surface area contributed by atoms with Crippen LogP contribution in [0.2, 0.25) is 0 Å². The van der Waals surface area contributed by atoms with Crippen LogP contribution >= 0.6 is 0 Å². The molecule has 5 nitrogen and oxygen atoms in total. The summed E-state index contributed by atoms with van der Waals surface area (Å²) in [5.41, 5.74) is 3.63. The number of aryl methyl sites for hydroxylation is 1. The maximum Gasteiger partial charge on any atom is 0.109 e. The van der Waals surface area contributed by atoms with E-state index in [4.69, 9.17) is 4.98 Å². The van der Waals surface area contributed by atoms with E-state index in [0.717, 1.165) is 24.9 Å². The minimum Gasteiger partial charge on any atom is -0.331 e. The third-order valence-electron chi connectivity index (χ3n) is 5.34. The van der Waals surface area contributed by atoms with Crippen molar-refractivity contribution in [1.29, 1.82) is 0 Å². The zero-order chi connectivity index (χ0) is 18.8. The standard InChI is InChI=1S/C20H35N5/c1-15(13-20(2,21-3)24(6)7)11-19-22-17-12-16(14-23(4)5)9-10-18(17)25(19)8/h9-10,12,15,21H,11,13-14H2,1-8H3/t15-,20?/m1/s1. The molecule has 2 rings (SSSR count). The Morgan fingerprint density at radius 2 is 1.92 bits per heavy atom. The van der Waals surface area contributed by atoms with E-state index in [1.54, 1.807) is 0 Å². The fourth-order valence-corrected chi connectivity index (χ4v) is 3.51. The number of imidazole rings is 1. The van der Waals surface area contributed by atoms with Gasteiger partial charge in [-0.25, -0.2) is 4.98 Å². The second kappa shape index (κ2) is 7.85. The monoisotopic (exact) mass is 345 g/mol. The van der Waals surface area contributed by atoms with Crippen molar-refractivity contribution in [3.8, 4) is 0 Å². The average molecular weight is 346 g/mol. The SMILES string of the molecule is CNC(C)(C[C@H](C)Cc1nc2cc(CN(C)C)ccc2n1C)N(C)C. The summed E-state index contributed by atoms with van der Waals surface area (Å²) in [5, 5.41) is 3.46. The normalized spacial score (nSPS) is 15.9. The molecule has 1 aromatic heterocycles. The molecule has 0 saturated heterocycles. The maximum atomic E-state index is 4.93. The molecule has 0 aliphatic rings. The molecule has 0 spiro atoms. The molecule has 0 bridgehead atoms. The lowest BCUT2D eigenvalue weighted by Crippen LogP contribution is -2.53. The molecule has 140 valence electrons. The van der Waals surface area contributed by atoms with E-state index in [2.05, 4.69) is 87.0 Å². The number of benzene rings is 1. The summed E-state index contributed by atoms with van der Waals surface area (Å²) in [7, 11) is 12.6. The van der Waals surface area contributed by atoms with Crippen molar-refractivity contribution < 1.29 is 0 Å². The Labute approximate surface area is 153 Å². The van der Waals surface area contributed by atoms with Crippen LogP contribution in [-0.2, 0) is 20.0 Å². The predicted octanol–water partition coefficient (Wildman–Crippen LogP) is 2.70. The van der Waals surface area contributed by atoms with Gasteiger partial charge in [0.1, 0.15) is 5.82 Å². The fourth-order valence-electron chi connectivity index (χ4n) is 3.51. The average Bonchev–Trinajstić information content (AvgIpc) is 2.81. The van der Waals surface area contributed by atoms with Crippen LogP contribution in [0.15, 0.2) is 18.2 Å². The van der Waals surface area contributed by atoms with Crippen molar-refractivity contribution in [2.24, 2.45) is 13.0 Å². The van der Waals surface area contributed by atoms with Gasteiger partial charge in [0.05, 0.1) is 16.7 Å². The highest BCUT2D eigenvalue weighted by Crippen LogP contribution is 2.24. The van der Waals surface area contributed by atoms with E-state index in [0.29, 0.717) is 5.92 Å². The number of rotatable bonds is 8. The predicted molar refractivity (Wildman–Crippen MR) is 107 cm³/mol. The van der Waals surface area contributed by atoms with Gasteiger partial charge in [-0.05, 0) is 72.2 Å². The van der Waals surface area contributed by atoms with Gasteiger partial charge in [0.15, 0.2) is 0 Å². The molecule has 0 saturated carbocycles. The smallest absolute Gasteiger partial charge is 0.109 e. The molecule has 1 unspecified atom stereocenters. The van der Waals surface area contributed by atoms with E-state index in [-0.39, 0.29) is 5.66 Å². The van der Waals surface area contributed by atoms with E-state index in [1.807, 2.05) is 7.05 Å². The number of aromatic nitrogens is 2. The van der Waals surface area contributed by atoms with E-state index in [1.165, 1.54) is 16.9 Å². The van der Waals surface area contributed by atoms with Gasteiger partial charge >= 0.3 is 0 Å². The van der Waals surface area contributed by atoms with Crippen molar-refractivity contribution in [2.45, 2.75) is 38.9 Å². The highest BCUT2D eigenvalue weighted by molar-refractivity contribution is 5.76. The van der Waals surface area contributed by atoms with Crippen molar-refractivity contribution in [2.75, 3.05) is 35.2 Å². The Kier molecular flexibility index (Phi) is 6.25. The summed E-state index contributed by atoms with van der Waals surface area (Å²) in [5.74, 6) is 1.71. The van der Waals surface area contributed by atoms with Gasteiger partial charge in [-0.15, -0.1) is 0 Å². The summed E-state index contributed by atoms with van der Waals surface area (Å²) in [6.07, 6.45) is 2.06. The molecule has 1 heterocycles. The Bertz CT molecular complexity index is 703. The first-order chi connectivity index (χ1) is 11.7. The molecule has 0 aliphatic carbocycles. The first kappa shape index (κ1) is 19.9. The van der Waals surface area contributed by atoms with E-state index >= 15 is 0 Å². The lowest BCUT2D eigenvalue weighted by atomic mass is 9.93. The maximum absolute atomic E-state index is 4.93. The van der Waals surface area contributed by atoms with E-state index in [9.17, 15) is 0 Å². The van der Waals surface area contributed by atoms with Gasteiger partial charge in [-0.2, -0.15) is 0 Å². The van der Waals surface area contributed by atoms with Crippen LogP contribution in [-0.4, -0.2) is 60.3 Å². The summed E-state index contributed by atoms with van der Waals surface area (Å²) < 4.78 is 2.25. The van der Waals surface area contributed by atoms with Crippen molar-refractivity contribution in [3.63, 3.8) is 0 Å². The number of hydrogen-bond acceptors (Lipinski definition) is 4. The molecule has 5 heteroatoms. The van der Waals surface area contributed by atoms with Gasteiger partial charge in [-0.3, -0.25) is 4.90 Å². The van der Waals surface area contributed by atoms with E-state index < -0.39 is 0 Å². The minimum absolute atomic E-state index is 0.00286. The zero-order valence-electron chi connectivity index (χ0n) is 17.2. The highest BCUT2D eigenvalue weighted by atomic mass is 15.3. The van der Waals surface area contributed by atoms with Gasteiger partial charge in [0, 0.05) is 20.0 Å². The molecule has 25 heavy (non-hydrogen) atoms. The van der Waals surface area contributed by atoms with Crippen molar-refractivity contribution in [1.82, 2.24) is 24.7 Å². The number of hydrogen-bond donors (Lipinski definition) is 1. The quantitative estimate of drug-likeness (QED) is 0.746. The van der Waals surface area contributed by atoms with Crippen LogP contribution in [0.25, 0.3) is 11.0 Å². The van der Waals surface area contributed by atoms with Crippen LogP contribution in [0.1, 0.15) is 31.7 Å². The minimum atomic E-state index is 0.00286. The molecule has 2 aromatic rings. The molecular weight excluding hydrogens is 310 g/mol. The lowest BCUT2D eigenvalue weighted by Gasteiger charge is -2.38. The second-order valence-electron chi connectivity index (χ2n) is 8.08. The second-order valence-corrected chi connectivity index (χ2v) is 8.08. The number of nitrogens with zero attached hydrogens (tertiary/aromatic N) is 4. The molecule has 0 fully saturated rings. The van der Waals surface area contributed by atoms with Gasteiger partial charge in [0.25, 0.3) is 0 Å². The Morgan fingerprint density at radius 3 is 2.48 bits per heavy atom. The molecule has 1 aromatic carbocycles. The van der Waals surface area contributed by atoms with Crippen LogP contribution in [0.4, 0.5) is 0 Å². The first-order valence-electron chi connectivity index (χ1n) is 9.11. The summed E-state index contributed by atoms with van der Waals surface area (Å²) >= 11 is 0. The van der Waals surface area contributed by atoms with Crippen LogP contribution in [0, 0.1) is 5.92 Å². The number of nitrogens with one attached hydrogen (secondary N) is 1. The zero-order valence-corrected chi connectivity index (χ0v) is 17.2. The molecule has 0 aliphatic heterocycles. The first-order valence-corrected chi connectivity index (χ1v) is 9.11. The highest BCUT2D eigenvalue weighted by Gasteiger charge is 2.27. The molecule has 1 N–H and O–H groups in total. The topological polar surface area (TPSA) is 36.3 Å². The largest absolute Gasteiger partial charge is 0.331 e. The Hall–Kier alpha value is -1.43. The third kappa shape index (κ3) is 4.60. The Balaban J connectivity index is 2.19. The van der Waals surface area contributed by atoms with Gasteiger partial charge in [-0.1, -0.05) is 13.0 Å². The van der Waals surface area contributed by atoms with Gasteiger partial charge < -0.3 is 14.8 Å². The van der Waals surface area contributed by atoms with Crippen LogP contribution in [0.5, 0.6) is 0 Å². The Morgan fingerprint density at radius 1 is 1.24 bits per heavy atom.